The molecule has 2 rings (SSSR count). The molecule has 102 valence electrons. The predicted octanol–water partition coefficient (Wildman–Crippen LogP) is 2.38. The van der Waals surface area contributed by atoms with Crippen LogP contribution in [0.1, 0.15) is 35.9 Å². The minimum atomic E-state index is -0.707. The number of aromatic nitrogens is 2. The number of nitrogens with one attached hydrogen (secondary N) is 1. The van der Waals surface area contributed by atoms with E-state index in [9.17, 15) is 9.18 Å². The number of nitrogens with zero attached hydrogens (tertiary/aromatic N) is 1. The van der Waals surface area contributed by atoms with Crippen molar-refractivity contribution in [3.63, 3.8) is 0 Å². The molecule has 7 heteroatoms. The first-order valence-corrected chi connectivity index (χ1v) is 6.46. The first-order valence-electron chi connectivity index (χ1n) is 5.67. The van der Waals surface area contributed by atoms with E-state index in [4.69, 9.17) is 10.2 Å². The SMILES string of the molecule is Cc1c(Br)ccc(F)c1[C@@H](C)[C@H](N)c1n[nH]c(=O)o1. The molecular weight excluding hydrogens is 317 g/mol. The Morgan fingerprint density at radius 3 is 2.79 bits per heavy atom. The third-order valence-corrected chi connectivity index (χ3v) is 3.99. The van der Waals surface area contributed by atoms with Crippen molar-refractivity contribution < 1.29 is 8.81 Å². The van der Waals surface area contributed by atoms with Crippen LogP contribution in [-0.2, 0) is 0 Å². The molecule has 0 radical (unpaired) electrons. The standard InChI is InChI=1S/C12H13BrFN3O2/c1-5-7(13)3-4-8(14)9(5)6(2)10(15)11-16-17-12(18)19-11/h3-4,6,10H,15H2,1-2H3,(H,17,18)/t6-,10+/m1/s1. The molecule has 0 aliphatic heterocycles. The Labute approximate surface area is 117 Å². The molecule has 0 fully saturated rings. The van der Waals surface area contributed by atoms with E-state index in [-0.39, 0.29) is 17.6 Å². The van der Waals surface area contributed by atoms with Crippen LogP contribution in [0.3, 0.4) is 0 Å². The average molecular weight is 330 g/mol. The Bertz CT molecular complexity index is 653. The minimum absolute atomic E-state index is 0.0660. The van der Waals surface area contributed by atoms with E-state index in [1.165, 1.54) is 6.07 Å². The summed E-state index contributed by atoms with van der Waals surface area (Å²) >= 11 is 3.36. The maximum absolute atomic E-state index is 14.0. The zero-order valence-corrected chi connectivity index (χ0v) is 12.0. The van der Waals surface area contributed by atoms with Gasteiger partial charge in [-0.15, -0.1) is 5.10 Å². The summed E-state index contributed by atoms with van der Waals surface area (Å²) in [4.78, 5) is 10.9. The third kappa shape index (κ3) is 2.62. The molecule has 3 N–H and O–H groups in total. The number of nitrogens with two attached hydrogens (primary N) is 1. The van der Waals surface area contributed by atoms with Crippen molar-refractivity contribution in [2.75, 3.05) is 0 Å². The molecule has 0 aliphatic carbocycles. The number of H-pyrrole nitrogens is 1. The highest BCUT2D eigenvalue weighted by molar-refractivity contribution is 9.10. The van der Waals surface area contributed by atoms with Gasteiger partial charge in [-0.2, -0.15) is 0 Å². The molecule has 1 aromatic heterocycles. The summed E-state index contributed by atoms with van der Waals surface area (Å²) in [5.41, 5.74) is 7.22. The van der Waals surface area contributed by atoms with Gasteiger partial charge in [0.2, 0.25) is 5.89 Å². The molecule has 5 nitrogen and oxygen atoms in total. The van der Waals surface area contributed by atoms with Crippen molar-refractivity contribution in [1.29, 1.82) is 0 Å². The largest absolute Gasteiger partial charge is 0.434 e. The maximum Gasteiger partial charge on any atom is 0.434 e. The molecule has 19 heavy (non-hydrogen) atoms. The smallest absolute Gasteiger partial charge is 0.391 e. The van der Waals surface area contributed by atoms with E-state index < -0.39 is 11.8 Å². The summed E-state index contributed by atoms with van der Waals surface area (Å²) in [6.07, 6.45) is 0. The number of hydrogen-bond acceptors (Lipinski definition) is 4. The Balaban J connectivity index is 2.42. The molecule has 0 saturated heterocycles. The molecule has 0 unspecified atom stereocenters. The first kappa shape index (κ1) is 14.0. The van der Waals surface area contributed by atoms with Gasteiger partial charge in [-0.1, -0.05) is 22.9 Å². The van der Waals surface area contributed by atoms with Crippen molar-refractivity contribution in [3.8, 4) is 0 Å². The molecule has 0 aliphatic rings. The van der Waals surface area contributed by atoms with E-state index in [1.807, 2.05) is 0 Å². The van der Waals surface area contributed by atoms with Gasteiger partial charge in [-0.05, 0) is 30.2 Å². The van der Waals surface area contributed by atoms with E-state index in [2.05, 4.69) is 26.1 Å². The van der Waals surface area contributed by atoms with Crippen LogP contribution in [0.15, 0.2) is 25.8 Å². The molecule has 0 saturated carbocycles. The quantitative estimate of drug-likeness (QED) is 0.905. The zero-order valence-electron chi connectivity index (χ0n) is 10.4. The lowest BCUT2D eigenvalue weighted by Crippen LogP contribution is -2.20. The summed E-state index contributed by atoms with van der Waals surface area (Å²) in [5.74, 6) is -1.34. The van der Waals surface area contributed by atoms with Crippen LogP contribution >= 0.6 is 15.9 Å². The molecule has 0 amide bonds. The van der Waals surface area contributed by atoms with Gasteiger partial charge in [-0.25, -0.2) is 14.3 Å². The van der Waals surface area contributed by atoms with E-state index in [0.717, 1.165) is 10.0 Å². The highest BCUT2D eigenvalue weighted by Gasteiger charge is 2.26. The highest BCUT2D eigenvalue weighted by Crippen LogP contribution is 2.34. The lowest BCUT2D eigenvalue weighted by atomic mass is 9.90. The van der Waals surface area contributed by atoms with E-state index in [0.29, 0.717) is 5.56 Å². The fraction of sp³-hybridized carbons (Fsp3) is 0.333. The van der Waals surface area contributed by atoms with Crippen LogP contribution in [0.5, 0.6) is 0 Å². The fourth-order valence-corrected chi connectivity index (χ4v) is 2.35. The average Bonchev–Trinajstić information content (AvgIpc) is 2.80. The lowest BCUT2D eigenvalue weighted by molar-refractivity contribution is 0.396. The van der Waals surface area contributed by atoms with Gasteiger partial charge in [0.15, 0.2) is 0 Å². The van der Waals surface area contributed by atoms with E-state index >= 15 is 0 Å². The molecule has 1 aromatic carbocycles. The maximum atomic E-state index is 14.0. The Morgan fingerprint density at radius 1 is 1.53 bits per heavy atom. The van der Waals surface area contributed by atoms with Crippen molar-refractivity contribution in [2.24, 2.45) is 5.73 Å². The summed E-state index contributed by atoms with van der Waals surface area (Å²) in [6, 6.07) is 2.30. The van der Waals surface area contributed by atoms with Crippen LogP contribution in [0, 0.1) is 12.7 Å². The zero-order chi connectivity index (χ0) is 14.2. The second-order valence-electron chi connectivity index (χ2n) is 4.33. The van der Waals surface area contributed by atoms with Crippen LogP contribution in [-0.4, -0.2) is 10.2 Å². The van der Waals surface area contributed by atoms with Crippen LogP contribution in [0.4, 0.5) is 4.39 Å². The van der Waals surface area contributed by atoms with Gasteiger partial charge in [-0.3, -0.25) is 0 Å². The minimum Gasteiger partial charge on any atom is -0.391 e. The van der Waals surface area contributed by atoms with Gasteiger partial charge >= 0.3 is 5.76 Å². The fourth-order valence-electron chi connectivity index (χ4n) is 2.01. The normalized spacial score (nSPS) is 14.4. The predicted molar refractivity (Wildman–Crippen MR) is 71.3 cm³/mol. The van der Waals surface area contributed by atoms with Gasteiger partial charge in [0.05, 0.1) is 6.04 Å². The van der Waals surface area contributed by atoms with Gasteiger partial charge in [0.1, 0.15) is 5.82 Å². The molecule has 1 heterocycles. The van der Waals surface area contributed by atoms with Gasteiger partial charge in [0.25, 0.3) is 0 Å². The molecular formula is C12H13BrFN3O2. The summed E-state index contributed by atoms with van der Waals surface area (Å²) in [7, 11) is 0. The second-order valence-corrected chi connectivity index (χ2v) is 5.19. The third-order valence-electron chi connectivity index (χ3n) is 3.13. The Kier molecular flexibility index (Phi) is 3.86. The van der Waals surface area contributed by atoms with Crippen LogP contribution in [0.2, 0.25) is 0 Å². The molecule has 0 spiro atoms. The van der Waals surface area contributed by atoms with Crippen LogP contribution in [0.25, 0.3) is 0 Å². The monoisotopic (exact) mass is 329 g/mol. The van der Waals surface area contributed by atoms with Crippen LogP contribution < -0.4 is 11.5 Å². The Hall–Kier alpha value is -1.47. The van der Waals surface area contributed by atoms with Gasteiger partial charge in [0, 0.05) is 10.4 Å². The van der Waals surface area contributed by atoms with Gasteiger partial charge < -0.3 is 10.2 Å². The first-order chi connectivity index (χ1) is 8.91. The van der Waals surface area contributed by atoms with Crippen molar-refractivity contribution >= 4 is 15.9 Å². The number of aromatic amines is 1. The number of halogens is 2. The lowest BCUT2D eigenvalue weighted by Gasteiger charge is -2.20. The number of rotatable bonds is 3. The highest BCUT2D eigenvalue weighted by atomic mass is 79.9. The topological polar surface area (TPSA) is 84.9 Å². The molecule has 2 atom stereocenters. The number of hydrogen-bond donors (Lipinski definition) is 2. The Morgan fingerprint density at radius 2 is 2.21 bits per heavy atom. The summed E-state index contributed by atoms with van der Waals surface area (Å²) in [6.45, 7) is 3.56. The molecule has 2 aromatic rings. The van der Waals surface area contributed by atoms with Crippen molar-refractivity contribution in [3.05, 3.63) is 50.0 Å². The van der Waals surface area contributed by atoms with Crippen molar-refractivity contribution in [1.82, 2.24) is 10.2 Å². The number of benzene rings is 1. The van der Waals surface area contributed by atoms with E-state index in [1.54, 1.807) is 19.9 Å². The van der Waals surface area contributed by atoms with Crippen molar-refractivity contribution in [2.45, 2.75) is 25.8 Å². The molecule has 0 bridgehead atoms. The second kappa shape index (κ2) is 5.26. The summed E-state index contributed by atoms with van der Waals surface area (Å²) in [5, 5.41) is 5.82. The summed E-state index contributed by atoms with van der Waals surface area (Å²) < 4.78 is 19.6.